The van der Waals surface area contributed by atoms with Gasteiger partial charge in [-0.05, 0) is 37.5 Å². The molecule has 17 heavy (non-hydrogen) atoms. The lowest BCUT2D eigenvalue weighted by atomic mass is 10.1. The Labute approximate surface area is 110 Å². The molecule has 1 aromatic carbocycles. The standard InChI is InChI=1S/C13H15BrN2O/c1-10-11(6-5-7-12(10)14)13(17)16-9-4-2-3-8-15/h5-7H,2-4,9H2,1H3,(H,16,17). The molecule has 1 amide bonds. The molecule has 3 nitrogen and oxygen atoms in total. The van der Waals surface area contributed by atoms with E-state index in [9.17, 15) is 4.79 Å². The third-order valence-corrected chi connectivity index (χ3v) is 3.37. The highest BCUT2D eigenvalue weighted by molar-refractivity contribution is 9.10. The Morgan fingerprint density at radius 3 is 2.94 bits per heavy atom. The van der Waals surface area contributed by atoms with Gasteiger partial charge >= 0.3 is 0 Å². The number of carbonyl (C=O) groups excluding carboxylic acids is 1. The molecule has 0 aromatic heterocycles. The molecule has 0 radical (unpaired) electrons. The molecule has 0 saturated heterocycles. The van der Waals surface area contributed by atoms with E-state index in [1.54, 1.807) is 0 Å². The van der Waals surface area contributed by atoms with E-state index >= 15 is 0 Å². The van der Waals surface area contributed by atoms with Crippen LogP contribution in [0.4, 0.5) is 0 Å². The molecule has 0 atom stereocenters. The zero-order chi connectivity index (χ0) is 12.7. The maximum Gasteiger partial charge on any atom is 0.251 e. The number of hydrogen-bond donors (Lipinski definition) is 1. The van der Waals surface area contributed by atoms with Crippen molar-refractivity contribution in [2.24, 2.45) is 0 Å². The molecule has 90 valence electrons. The Balaban J connectivity index is 2.48. The van der Waals surface area contributed by atoms with Gasteiger partial charge in [-0.3, -0.25) is 4.79 Å². The first-order valence-electron chi connectivity index (χ1n) is 5.57. The Kier molecular flexibility index (Phi) is 5.71. The molecule has 0 spiro atoms. The average Bonchev–Trinajstić information content (AvgIpc) is 2.32. The van der Waals surface area contributed by atoms with Crippen LogP contribution in [0.1, 0.15) is 35.2 Å². The van der Waals surface area contributed by atoms with E-state index in [-0.39, 0.29) is 5.91 Å². The average molecular weight is 295 g/mol. The number of amides is 1. The van der Waals surface area contributed by atoms with Crippen molar-refractivity contribution in [3.05, 3.63) is 33.8 Å². The minimum absolute atomic E-state index is 0.0549. The van der Waals surface area contributed by atoms with Crippen LogP contribution in [-0.2, 0) is 0 Å². The molecule has 0 aliphatic carbocycles. The molecule has 0 aliphatic heterocycles. The molecular formula is C13H15BrN2O. The minimum atomic E-state index is -0.0549. The number of hydrogen-bond acceptors (Lipinski definition) is 2. The first-order valence-corrected chi connectivity index (χ1v) is 6.36. The van der Waals surface area contributed by atoms with Crippen LogP contribution in [0.3, 0.4) is 0 Å². The summed E-state index contributed by atoms with van der Waals surface area (Å²) in [5.74, 6) is -0.0549. The maximum atomic E-state index is 11.9. The van der Waals surface area contributed by atoms with Crippen molar-refractivity contribution in [2.45, 2.75) is 26.2 Å². The Morgan fingerprint density at radius 1 is 1.47 bits per heavy atom. The zero-order valence-electron chi connectivity index (χ0n) is 9.79. The van der Waals surface area contributed by atoms with E-state index in [1.165, 1.54) is 0 Å². The summed E-state index contributed by atoms with van der Waals surface area (Å²) in [7, 11) is 0. The number of nitrogens with one attached hydrogen (secondary N) is 1. The first kappa shape index (κ1) is 13.7. The second-order valence-corrected chi connectivity index (χ2v) is 4.64. The maximum absolute atomic E-state index is 11.9. The van der Waals surface area contributed by atoms with E-state index in [0.717, 1.165) is 22.9 Å². The molecule has 0 unspecified atom stereocenters. The Bertz CT molecular complexity index is 438. The van der Waals surface area contributed by atoms with Crippen molar-refractivity contribution in [3.63, 3.8) is 0 Å². The second-order valence-electron chi connectivity index (χ2n) is 3.78. The van der Waals surface area contributed by atoms with E-state index in [4.69, 9.17) is 5.26 Å². The largest absolute Gasteiger partial charge is 0.352 e. The third kappa shape index (κ3) is 4.20. The number of carbonyl (C=O) groups is 1. The molecule has 0 saturated carbocycles. The number of nitriles is 1. The van der Waals surface area contributed by atoms with Crippen LogP contribution >= 0.6 is 15.9 Å². The van der Waals surface area contributed by atoms with Crippen LogP contribution in [0.15, 0.2) is 22.7 Å². The predicted octanol–water partition coefficient (Wildman–Crippen LogP) is 3.18. The van der Waals surface area contributed by atoms with Crippen LogP contribution in [0, 0.1) is 18.3 Å². The SMILES string of the molecule is Cc1c(Br)cccc1C(=O)NCCCCC#N. The summed E-state index contributed by atoms with van der Waals surface area (Å²) in [4.78, 5) is 11.9. The van der Waals surface area contributed by atoms with Gasteiger partial charge in [-0.25, -0.2) is 0 Å². The molecule has 0 heterocycles. The molecule has 4 heteroatoms. The van der Waals surface area contributed by atoms with Crippen molar-refractivity contribution in [2.75, 3.05) is 6.54 Å². The fourth-order valence-electron chi connectivity index (χ4n) is 1.48. The van der Waals surface area contributed by atoms with Crippen molar-refractivity contribution in [3.8, 4) is 6.07 Å². The Hall–Kier alpha value is -1.34. The topological polar surface area (TPSA) is 52.9 Å². The lowest BCUT2D eigenvalue weighted by Crippen LogP contribution is -2.25. The van der Waals surface area contributed by atoms with Crippen LogP contribution in [0.2, 0.25) is 0 Å². The highest BCUT2D eigenvalue weighted by Gasteiger charge is 2.09. The van der Waals surface area contributed by atoms with Crippen LogP contribution in [0.25, 0.3) is 0 Å². The van der Waals surface area contributed by atoms with Gasteiger partial charge in [0.15, 0.2) is 0 Å². The number of nitrogens with zero attached hydrogens (tertiary/aromatic N) is 1. The monoisotopic (exact) mass is 294 g/mol. The number of rotatable bonds is 5. The van der Waals surface area contributed by atoms with E-state index in [2.05, 4.69) is 27.3 Å². The van der Waals surface area contributed by atoms with Crippen molar-refractivity contribution >= 4 is 21.8 Å². The lowest BCUT2D eigenvalue weighted by molar-refractivity contribution is 0.0952. The van der Waals surface area contributed by atoms with Gasteiger partial charge in [0, 0.05) is 23.0 Å². The summed E-state index contributed by atoms with van der Waals surface area (Å²) in [6.07, 6.45) is 2.21. The summed E-state index contributed by atoms with van der Waals surface area (Å²) < 4.78 is 0.939. The van der Waals surface area contributed by atoms with Crippen molar-refractivity contribution < 1.29 is 4.79 Å². The predicted molar refractivity (Wildman–Crippen MR) is 70.7 cm³/mol. The first-order chi connectivity index (χ1) is 8.16. The van der Waals surface area contributed by atoms with Gasteiger partial charge in [-0.15, -0.1) is 0 Å². The molecule has 0 aliphatic rings. The Morgan fingerprint density at radius 2 is 2.24 bits per heavy atom. The lowest BCUT2D eigenvalue weighted by Gasteiger charge is -2.08. The van der Waals surface area contributed by atoms with E-state index in [0.29, 0.717) is 18.5 Å². The highest BCUT2D eigenvalue weighted by atomic mass is 79.9. The third-order valence-electron chi connectivity index (χ3n) is 2.51. The van der Waals surface area contributed by atoms with Crippen molar-refractivity contribution in [1.29, 1.82) is 5.26 Å². The van der Waals surface area contributed by atoms with Crippen molar-refractivity contribution in [1.82, 2.24) is 5.32 Å². The van der Waals surface area contributed by atoms with Gasteiger partial charge in [0.25, 0.3) is 5.91 Å². The summed E-state index contributed by atoms with van der Waals surface area (Å²) in [5, 5.41) is 11.2. The second kappa shape index (κ2) is 7.08. The van der Waals surface area contributed by atoms with Gasteiger partial charge in [0.1, 0.15) is 0 Å². The van der Waals surface area contributed by atoms with Crippen LogP contribution in [-0.4, -0.2) is 12.5 Å². The minimum Gasteiger partial charge on any atom is -0.352 e. The summed E-state index contributed by atoms with van der Waals surface area (Å²) >= 11 is 3.40. The van der Waals surface area contributed by atoms with Gasteiger partial charge in [-0.2, -0.15) is 5.26 Å². The smallest absolute Gasteiger partial charge is 0.251 e. The molecule has 1 rings (SSSR count). The quantitative estimate of drug-likeness (QED) is 0.848. The normalized spacial score (nSPS) is 9.71. The molecule has 1 aromatic rings. The zero-order valence-corrected chi connectivity index (χ0v) is 11.4. The number of unbranched alkanes of at least 4 members (excludes halogenated alkanes) is 2. The number of benzene rings is 1. The molecular weight excluding hydrogens is 280 g/mol. The van der Waals surface area contributed by atoms with E-state index < -0.39 is 0 Å². The summed E-state index contributed by atoms with van der Waals surface area (Å²) in [6, 6.07) is 7.66. The fourth-order valence-corrected chi connectivity index (χ4v) is 1.85. The highest BCUT2D eigenvalue weighted by Crippen LogP contribution is 2.19. The fraction of sp³-hybridized carbons (Fsp3) is 0.385. The van der Waals surface area contributed by atoms with Crippen LogP contribution < -0.4 is 5.32 Å². The van der Waals surface area contributed by atoms with Gasteiger partial charge in [-0.1, -0.05) is 22.0 Å². The summed E-state index contributed by atoms with van der Waals surface area (Å²) in [6.45, 7) is 2.53. The van der Waals surface area contributed by atoms with Gasteiger partial charge < -0.3 is 5.32 Å². The van der Waals surface area contributed by atoms with Crippen LogP contribution in [0.5, 0.6) is 0 Å². The molecule has 1 N–H and O–H groups in total. The summed E-state index contributed by atoms with van der Waals surface area (Å²) in [5.41, 5.74) is 1.64. The molecule has 0 bridgehead atoms. The van der Waals surface area contributed by atoms with Gasteiger partial charge in [0.2, 0.25) is 0 Å². The van der Waals surface area contributed by atoms with Gasteiger partial charge in [0.05, 0.1) is 6.07 Å². The van der Waals surface area contributed by atoms with E-state index in [1.807, 2.05) is 25.1 Å². The number of halogens is 1. The molecule has 0 fully saturated rings.